The first-order valence-electron chi connectivity index (χ1n) is 10.0. The summed E-state index contributed by atoms with van der Waals surface area (Å²) in [6.45, 7) is 4.96. The Kier molecular flexibility index (Phi) is 5.30. The number of carbonyl (C=O) groups is 2. The fourth-order valence-corrected chi connectivity index (χ4v) is 4.07. The Morgan fingerprint density at radius 3 is 2.69 bits per heavy atom. The van der Waals surface area contributed by atoms with Crippen LogP contribution in [0.1, 0.15) is 34.5 Å². The highest BCUT2D eigenvalue weighted by atomic mass is 16.2. The van der Waals surface area contributed by atoms with Crippen molar-refractivity contribution in [1.82, 2.24) is 9.88 Å². The first kappa shape index (κ1) is 19.1. The molecule has 5 heteroatoms. The molecule has 0 unspecified atom stereocenters. The van der Waals surface area contributed by atoms with Gasteiger partial charge in [-0.2, -0.15) is 0 Å². The SMILES string of the molecule is Cc1ccnc(C)c1NC(=O)[C@H]1CCCN(C(=O)c2cccc3ccccc23)C1. The minimum Gasteiger partial charge on any atom is -0.338 e. The molecule has 0 saturated carbocycles. The number of aryl methyl sites for hydroxylation is 2. The summed E-state index contributed by atoms with van der Waals surface area (Å²) < 4.78 is 0. The van der Waals surface area contributed by atoms with Crippen molar-refractivity contribution in [2.45, 2.75) is 26.7 Å². The molecule has 0 bridgehead atoms. The van der Waals surface area contributed by atoms with E-state index in [-0.39, 0.29) is 17.7 Å². The molecule has 4 rings (SSSR count). The van der Waals surface area contributed by atoms with Crippen molar-refractivity contribution in [2.24, 2.45) is 5.92 Å². The van der Waals surface area contributed by atoms with E-state index in [1.807, 2.05) is 67.3 Å². The van der Waals surface area contributed by atoms with E-state index in [1.54, 1.807) is 6.20 Å². The predicted molar refractivity (Wildman–Crippen MR) is 115 cm³/mol. The van der Waals surface area contributed by atoms with Crippen LogP contribution in [0.25, 0.3) is 10.8 Å². The number of rotatable bonds is 3. The fourth-order valence-electron chi connectivity index (χ4n) is 4.07. The lowest BCUT2D eigenvalue weighted by Gasteiger charge is -2.32. The third kappa shape index (κ3) is 3.86. The predicted octanol–water partition coefficient (Wildman–Crippen LogP) is 4.34. The molecule has 1 aliphatic rings. The molecule has 1 aromatic heterocycles. The second-order valence-electron chi connectivity index (χ2n) is 7.69. The monoisotopic (exact) mass is 387 g/mol. The molecule has 0 radical (unpaired) electrons. The van der Waals surface area contributed by atoms with E-state index in [0.29, 0.717) is 18.7 Å². The van der Waals surface area contributed by atoms with Crippen molar-refractivity contribution >= 4 is 28.3 Å². The van der Waals surface area contributed by atoms with Crippen LogP contribution >= 0.6 is 0 Å². The number of amides is 2. The number of nitrogens with one attached hydrogen (secondary N) is 1. The van der Waals surface area contributed by atoms with Gasteiger partial charge >= 0.3 is 0 Å². The van der Waals surface area contributed by atoms with Crippen LogP contribution in [0.3, 0.4) is 0 Å². The topological polar surface area (TPSA) is 62.3 Å². The maximum atomic E-state index is 13.2. The van der Waals surface area contributed by atoms with Crippen molar-refractivity contribution in [1.29, 1.82) is 0 Å². The Balaban J connectivity index is 1.52. The van der Waals surface area contributed by atoms with Crippen molar-refractivity contribution in [3.05, 3.63) is 71.5 Å². The zero-order valence-corrected chi connectivity index (χ0v) is 16.8. The number of likely N-dealkylation sites (tertiary alicyclic amines) is 1. The molecular weight excluding hydrogens is 362 g/mol. The number of carbonyl (C=O) groups excluding carboxylic acids is 2. The van der Waals surface area contributed by atoms with Crippen LogP contribution in [0.15, 0.2) is 54.7 Å². The number of fused-ring (bicyclic) bond motifs is 1. The highest BCUT2D eigenvalue weighted by Crippen LogP contribution is 2.25. The molecule has 148 valence electrons. The number of aromatic nitrogens is 1. The largest absolute Gasteiger partial charge is 0.338 e. The maximum absolute atomic E-state index is 13.2. The number of hydrogen-bond acceptors (Lipinski definition) is 3. The summed E-state index contributed by atoms with van der Waals surface area (Å²) in [5.41, 5.74) is 3.27. The fraction of sp³-hybridized carbons (Fsp3) is 0.292. The highest BCUT2D eigenvalue weighted by Gasteiger charge is 2.30. The number of anilines is 1. The third-order valence-corrected chi connectivity index (χ3v) is 5.70. The van der Waals surface area contributed by atoms with Crippen LogP contribution in [0.2, 0.25) is 0 Å². The van der Waals surface area contributed by atoms with Gasteiger partial charge in [-0.3, -0.25) is 14.6 Å². The van der Waals surface area contributed by atoms with Gasteiger partial charge in [-0.15, -0.1) is 0 Å². The summed E-state index contributed by atoms with van der Waals surface area (Å²) >= 11 is 0. The lowest BCUT2D eigenvalue weighted by atomic mass is 9.95. The molecule has 0 aliphatic carbocycles. The number of hydrogen-bond donors (Lipinski definition) is 1. The Morgan fingerprint density at radius 1 is 1.07 bits per heavy atom. The molecule has 3 aromatic rings. The molecular formula is C24H25N3O2. The normalized spacial score (nSPS) is 16.6. The van der Waals surface area contributed by atoms with E-state index in [1.165, 1.54) is 0 Å². The molecule has 2 heterocycles. The first-order valence-corrected chi connectivity index (χ1v) is 10.0. The summed E-state index contributed by atoms with van der Waals surface area (Å²) in [5, 5.41) is 5.04. The van der Waals surface area contributed by atoms with E-state index >= 15 is 0 Å². The minimum absolute atomic E-state index is 0.00645. The molecule has 1 N–H and O–H groups in total. The van der Waals surface area contributed by atoms with E-state index in [9.17, 15) is 9.59 Å². The standard InChI is InChI=1S/C24H25N3O2/c1-16-12-13-25-17(2)22(16)26-23(28)19-9-6-14-27(15-19)24(29)21-11-5-8-18-7-3-4-10-20(18)21/h3-5,7-8,10-13,19H,6,9,14-15H2,1-2H3,(H,26,28)/t19-/m0/s1. The van der Waals surface area contributed by atoms with Gasteiger partial charge in [0.1, 0.15) is 0 Å². The quantitative estimate of drug-likeness (QED) is 0.727. The van der Waals surface area contributed by atoms with Gasteiger partial charge in [-0.25, -0.2) is 0 Å². The van der Waals surface area contributed by atoms with Crippen molar-refractivity contribution in [3.63, 3.8) is 0 Å². The van der Waals surface area contributed by atoms with Gasteiger partial charge in [-0.1, -0.05) is 36.4 Å². The van der Waals surface area contributed by atoms with Crippen LogP contribution in [0.5, 0.6) is 0 Å². The maximum Gasteiger partial charge on any atom is 0.254 e. The Hall–Kier alpha value is -3.21. The average Bonchev–Trinajstić information content (AvgIpc) is 2.75. The van der Waals surface area contributed by atoms with Gasteiger partial charge in [0.2, 0.25) is 5.91 Å². The number of pyridine rings is 1. The molecule has 0 spiro atoms. The lowest BCUT2D eigenvalue weighted by Crippen LogP contribution is -2.44. The van der Waals surface area contributed by atoms with Crippen LogP contribution in [-0.4, -0.2) is 34.8 Å². The minimum atomic E-state index is -0.221. The summed E-state index contributed by atoms with van der Waals surface area (Å²) in [7, 11) is 0. The highest BCUT2D eigenvalue weighted by molar-refractivity contribution is 6.07. The number of piperidine rings is 1. The van der Waals surface area contributed by atoms with Crippen molar-refractivity contribution < 1.29 is 9.59 Å². The summed E-state index contributed by atoms with van der Waals surface area (Å²) in [6.07, 6.45) is 3.34. The molecule has 5 nitrogen and oxygen atoms in total. The van der Waals surface area contributed by atoms with Crippen LogP contribution in [0, 0.1) is 19.8 Å². The third-order valence-electron chi connectivity index (χ3n) is 5.70. The second-order valence-corrected chi connectivity index (χ2v) is 7.69. The zero-order valence-electron chi connectivity index (χ0n) is 16.8. The Labute approximate surface area is 170 Å². The Morgan fingerprint density at radius 2 is 1.86 bits per heavy atom. The van der Waals surface area contributed by atoms with E-state index in [0.717, 1.165) is 40.6 Å². The molecule has 1 fully saturated rings. The van der Waals surface area contributed by atoms with Crippen molar-refractivity contribution in [3.8, 4) is 0 Å². The Bertz CT molecular complexity index is 1050. The number of benzene rings is 2. The van der Waals surface area contributed by atoms with Gasteiger partial charge in [0, 0.05) is 24.8 Å². The molecule has 1 saturated heterocycles. The van der Waals surface area contributed by atoms with Gasteiger partial charge in [0.25, 0.3) is 5.91 Å². The average molecular weight is 387 g/mol. The smallest absolute Gasteiger partial charge is 0.254 e. The van der Waals surface area contributed by atoms with E-state index in [2.05, 4.69) is 10.3 Å². The molecule has 1 aliphatic heterocycles. The van der Waals surface area contributed by atoms with Crippen LogP contribution in [0.4, 0.5) is 5.69 Å². The molecule has 2 aromatic carbocycles. The van der Waals surface area contributed by atoms with Gasteiger partial charge < -0.3 is 10.2 Å². The molecule has 29 heavy (non-hydrogen) atoms. The molecule has 2 amide bonds. The van der Waals surface area contributed by atoms with Crippen LogP contribution < -0.4 is 5.32 Å². The van der Waals surface area contributed by atoms with E-state index < -0.39 is 0 Å². The first-order chi connectivity index (χ1) is 14.0. The summed E-state index contributed by atoms with van der Waals surface area (Å²) in [4.78, 5) is 32.2. The van der Waals surface area contributed by atoms with Gasteiger partial charge in [-0.05, 0) is 55.2 Å². The summed E-state index contributed by atoms with van der Waals surface area (Å²) in [5.74, 6) is -0.269. The molecule has 1 atom stereocenters. The van der Waals surface area contributed by atoms with Gasteiger partial charge in [0.15, 0.2) is 0 Å². The van der Waals surface area contributed by atoms with Crippen molar-refractivity contribution in [2.75, 3.05) is 18.4 Å². The van der Waals surface area contributed by atoms with Gasteiger partial charge in [0.05, 0.1) is 17.3 Å². The number of nitrogens with zero attached hydrogens (tertiary/aromatic N) is 2. The zero-order chi connectivity index (χ0) is 20.4. The van der Waals surface area contributed by atoms with Crippen LogP contribution in [-0.2, 0) is 4.79 Å². The second kappa shape index (κ2) is 8.03. The summed E-state index contributed by atoms with van der Waals surface area (Å²) in [6, 6.07) is 15.6. The van der Waals surface area contributed by atoms with E-state index in [4.69, 9.17) is 0 Å². The lowest BCUT2D eigenvalue weighted by molar-refractivity contribution is -0.121.